The lowest BCUT2D eigenvalue weighted by Crippen LogP contribution is -2.11. The van der Waals surface area contributed by atoms with Gasteiger partial charge in [0.05, 0.1) is 6.61 Å². The first-order valence-corrected chi connectivity index (χ1v) is 6.99. The van der Waals surface area contributed by atoms with Gasteiger partial charge in [-0.05, 0) is 43.0 Å². The van der Waals surface area contributed by atoms with Crippen molar-refractivity contribution in [3.63, 3.8) is 0 Å². The zero-order valence-electron chi connectivity index (χ0n) is 10.2. The fourth-order valence-corrected chi connectivity index (χ4v) is 2.04. The van der Waals surface area contributed by atoms with Gasteiger partial charge in [-0.2, -0.15) is 0 Å². The Balaban J connectivity index is 1.59. The van der Waals surface area contributed by atoms with Crippen molar-refractivity contribution in [1.82, 2.24) is 10.2 Å². The summed E-state index contributed by atoms with van der Waals surface area (Å²) >= 11 is 1.29. The Kier molecular flexibility index (Phi) is 3.41. The van der Waals surface area contributed by atoms with Crippen LogP contribution in [0, 0.1) is 5.92 Å². The fraction of sp³-hybridized carbons (Fsp3) is 0.308. The smallest absolute Gasteiger partial charge is 0.257 e. The van der Waals surface area contributed by atoms with Crippen LogP contribution in [-0.2, 0) is 0 Å². The largest absolute Gasteiger partial charge is 0.493 e. The van der Waals surface area contributed by atoms with Crippen molar-refractivity contribution in [3.8, 4) is 5.75 Å². The Morgan fingerprint density at radius 1 is 1.37 bits per heavy atom. The molecule has 0 radical (unpaired) electrons. The zero-order chi connectivity index (χ0) is 13.1. The number of hydrogen-bond acceptors (Lipinski definition) is 5. The van der Waals surface area contributed by atoms with Gasteiger partial charge in [0.1, 0.15) is 11.3 Å². The lowest BCUT2D eigenvalue weighted by molar-refractivity contribution is 0.102. The van der Waals surface area contributed by atoms with Crippen molar-refractivity contribution >= 4 is 22.4 Å². The molecule has 19 heavy (non-hydrogen) atoms. The average Bonchev–Trinajstić information content (AvgIpc) is 3.13. The zero-order valence-corrected chi connectivity index (χ0v) is 11.0. The number of carbonyl (C=O) groups excluding carboxylic acids is 1. The predicted molar refractivity (Wildman–Crippen MR) is 72.5 cm³/mol. The number of benzene rings is 1. The molecular formula is C13H13N3O2S. The maximum Gasteiger partial charge on any atom is 0.257 e. The van der Waals surface area contributed by atoms with Crippen LogP contribution in [0.15, 0.2) is 29.8 Å². The predicted octanol–water partition coefficient (Wildman–Crippen LogP) is 2.58. The van der Waals surface area contributed by atoms with Crippen molar-refractivity contribution < 1.29 is 9.53 Å². The van der Waals surface area contributed by atoms with Crippen LogP contribution < -0.4 is 10.1 Å². The average molecular weight is 275 g/mol. The molecule has 1 aromatic heterocycles. The molecule has 6 heteroatoms. The molecule has 0 saturated heterocycles. The van der Waals surface area contributed by atoms with Crippen LogP contribution in [0.1, 0.15) is 23.2 Å². The van der Waals surface area contributed by atoms with Crippen LogP contribution in [0.25, 0.3) is 0 Å². The summed E-state index contributed by atoms with van der Waals surface area (Å²) in [5.41, 5.74) is 2.15. The molecule has 1 aliphatic rings. The van der Waals surface area contributed by atoms with E-state index in [0.29, 0.717) is 10.7 Å². The van der Waals surface area contributed by atoms with E-state index in [2.05, 4.69) is 15.5 Å². The standard InChI is InChI=1S/C13H13N3O2S/c17-12(15-13-16-14-8-19-13)10-3-5-11(6-4-10)18-7-9-1-2-9/h3-6,8-9H,1-2,7H2,(H,15,16,17). The Morgan fingerprint density at radius 2 is 2.16 bits per heavy atom. The molecule has 0 unspecified atom stereocenters. The van der Waals surface area contributed by atoms with Gasteiger partial charge in [-0.3, -0.25) is 10.1 Å². The van der Waals surface area contributed by atoms with Crippen LogP contribution in [0.5, 0.6) is 5.75 Å². The van der Waals surface area contributed by atoms with Crippen molar-refractivity contribution in [2.24, 2.45) is 5.92 Å². The van der Waals surface area contributed by atoms with Gasteiger partial charge in [0.2, 0.25) is 5.13 Å². The Bertz CT molecular complexity index is 550. The van der Waals surface area contributed by atoms with E-state index >= 15 is 0 Å². The number of anilines is 1. The molecule has 0 spiro atoms. The van der Waals surface area contributed by atoms with Gasteiger partial charge >= 0.3 is 0 Å². The van der Waals surface area contributed by atoms with Gasteiger partial charge in [0, 0.05) is 5.56 Å². The van der Waals surface area contributed by atoms with Gasteiger partial charge in [0.25, 0.3) is 5.91 Å². The van der Waals surface area contributed by atoms with Crippen LogP contribution in [0.3, 0.4) is 0 Å². The normalized spacial score (nSPS) is 14.1. The molecule has 0 atom stereocenters. The fourth-order valence-electron chi connectivity index (χ4n) is 1.60. The van der Waals surface area contributed by atoms with E-state index < -0.39 is 0 Å². The summed E-state index contributed by atoms with van der Waals surface area (Å²) in [6, 6.07) is 7.13. The molecule has 1 aromatic carbocycles. The summed E-state index contributed by atoms with van der Waals surface area (Å²) in [6.07, 6.45) is 2.53. The molecule has 1 saturated carbocycles. The highest BCUT2D eigenvalue weighted by Crippen LogP contribution is 2.29. The van der Waals surface area contributed by atoms with Crippen molar-refractivity contribution in [2.75, 3.05) is 11.9 Å². The number of nitrogens with one attached hydrogen (secondary N) is 1. The van der Waals surface area contributed by atoms with E-state index in [-0.39, 0.29) is 5.91 Å². The molecule has 1 amide bonds. The number of aromatic nitrogens is 2. The monoisotopic (exact) mass is 275 g/mol. The first kappa shape index (κ1) is 12.1. The van der Waals surface area contributed by atoms with Crippen molar-refractivity contribution in [2.45, 2.75) is 12.8 Å². The first-order chi connectivity index (χ1) is 9.31. The second kappa shape index (κ2) is 5.36. The van der Waals surface area contributed by atoms with E-state index in [1.807, 2.05) is 12.1 Å². The summed E-state index contributed by atoms with van der Waals surface area (Å²) < 4.78 is 5.62. The molecule has 3 rings (SSSR count). The van der Waals surface area contributed by atoms with Gasteiger partial charge in [-0.25, -0.2) is 0 Å². The van der Waals surface area contributed by atoms with Gasteiger partial charge < -0.3 is 4.74 Å². The summed E-state index contributed by atoms with van der Waals surface area (Å²) in [6.45, 7) is 0.774. The number of nitrogens with zero attached hydrogens (tertiary/aromatic N) is 2. The number of hydrogen-bond donors (Lipinski definition) is 1. The van der Waals surface area contributed by atoms with Crippen LogP contribution in [0.4, 0.5) is 5.13 Å². The first-order valence-electron chi connectivity index (χ1n) is 6.11. The third-order valence-electron chi connectivity index (χ3n) is 2.88. The van der Waals surface area contributed by atoms with Crippen LogP contribution in [-0.4, -0.2) is 22.7 Å². The number of carbonyl (C=O) groups is 1. The number of ether oxygens (including phenoxy) is 1. The summed E-state index contributed by atoms with van der Waals surface area (Å²) in [5, 5.41) is 10.6. The molecule has 0 aliphatic heterocycles. The highest BCUT2D eigenvalue weighted by atomic mass is 32.1. The second-order valence-electron chi connectivity index (χ2n) is 4.48. The molecule has 1 fully saturated rings. The minimum atomic E-state index is -0.189. The van der Waals surface area contributed by atoms with E-state index in [9.17, 15) is 4.79 Å². The Labute approximate surface area is 114 Å². The van der Waals surface area contributed by atoms with E-state index in [0.717, 1.165) is 18.3 Å². The highest BCUT2D eigenvalue weighted by molar-refractivity contribution is 7.13. The third-order valence-corrected chi connectivity index (χ3v) is 3.49. The Morgan fingerprint density at radius 3 is 2.79 bits per heavy atom. The van der Waals surface area contributed by atoms with Crippen molar-refractivity contribution in [3.05, 3.63) is 35.3 Å². The van der Waals surface area contributed by atoms with Gasteiger partial charge in [0.15, 0.2) is 0 Å². The summed E-state index contributed by atoms with van der Waals surface area (Å²) in [7, 11) is 0. The molecule has 5 nitrogen and oxygen atoms in total. The van der Waals surface area contributed by atoms with E-state index in [1.54, 1.807) is 17.6 Å². The maximum atomic E-state index is 11.9. The molecule has 1 aliphatic carbocycles. The van der Waals surface area contributed by atoms with E-state index in [1.165, 1.54) is 24.2 Å². The molecule has 2 aromatic rings. The lowest BCUT2D eigenvalue weighted by Gasteiger charge is -2.06. The summed E-state index contributed by atoms with van der Waals surface area (Å²) in [4.78, 5) is 11.9. The topological polar surface area (TPSA) is 64.1 Å². The van der Waals surface area contributed by atoms with E-state index in [4.69, 9.17) is 4.74 Å². The highest BCUT2D eigenvalue weighted by Gasteiger charge is 2.21. The molecular weight excluding hydrogens is 262 g/mol. The lowest BCUT2D eigenvalue weighted by atomic mass is 10.2. The van der Waals surface area contributed by atoms with Gasteiger partial charge in [-0.15, -0.1) is 10.2 Å². The Hall–Kier alpha value is -1.95. The third kappa shape index (κ3) is 3.29. The minimum absolute atomic E-state index is 0.189. The molecule has 1 heterocycles. The van der Waals surface area contributed by atoms with Crippen molar-refractivity contribution in [1.29, 1.82) is 0 Å². The second-order valence-corrected chi connectivity index (χ2v) is 5.31. The number of amides is 1. The van der Waals surface area contributed by atoms with Crippen LogP contribution in [0.2, 0.25) is 0 Å². The SMILES string of the molecule is O=C(Nc1nncs1)c1ccc(OCC2CC2)cc1. The molecule has 98 valence electrons. The molecule has 0 bridgehead atoms. The number of rotatable bonds is 5. The molecule has 1 N–H and O–H groups in total. The quantitative estimate of drug-likeness (QED) is 0.911. The van der Waals surface area contributed by atoms with Gasteiger partial charge in [-0.1, -0.05) is 11.3 Å². The summed E-state index contributed by atoms with van der Waals surface area (Å²) in [5.74, 6) is 1.34. The minimum Gasteiger partial charge on any atom is -0.493 e. The maximum absolute atomic E-state index is 11.9. The van der Waals surface area contributed by atoms with Crippen LogP contribution >= 0.6 is 11.3 Å².